The van der Waals surface area contributed by atoms with Crippen molar-refractivity contribution in [1.82, 2.24) is 0 Å². The molecular formula is C14H10F3NO. The molecule has 0 fully saturated rings. The van der Waals surface area contributed by atoms with E-state index >= 15 is 0 Å². The minimum Gasteiger partial charge on any atom is -0.319 e. The van der Waals surface area contributed by atoms with Crippen molar-refractivity contribution in [3.8, 4) is 0 Å². The van der Waals surface area contributed by atoms with E-state index in [9.17, 15) is 18.0 Å². The van der Waals surface area contributed by atoms with Crippen molar-refractivity contribution in [3.05, 3.63) is 65.0 Å². The Kier molecular flexibility index (Phi) is 3.55. The number of hydrogen-bond acceptors (Lipinski definition) is 1. The third kappa shape index (κ3) is 2.93. The second-order valence-electron chi connectivity index (χ2n) is 4.04. The third-order valence-corrected chi connectivity index (χ3v) is 2.60. The first-order chi connectivity index (χ1) is 8.97. The van der Waals surface area contributed by atoms with E-state index in [0.29, 0.717) is 0 Å². The Morgan fingerprint density at radius 3 is 2.26 bits per heavy atom. The summed E-state index contributed by atoms with van der Waals surface area (Å²) >= 11 is 0. The molecule has 0 saturated carbocycles. The molecule has 0 aromatic heterocycles. The minimum absolute atomic E-state index is 0.150. The zero-order chi connectivity index (χ0) is 14.0. The molecule has 5 heteroatoms. The highest BCUT2D eigenvalue weighted by atomic mass is 19.1. The van der Waals surface area contributed by atoms with E-state index in [-0.39, 0.29) is 16.8 Å². The van der Waals surface area contributed by atoms with Gasteiger partial charge in [-0.1, -0.05) is 0 Å². The lowest BCUT2D eigenvalue weighted by Gasteiger charge is -2.08. The summed E-state index contributed by atoms with van der Waals surface area (Å²) in [7, 11) is 0. The average Bonchev–Trinajstić information content (AvgIpc) is 2.36. The lowest BCUT2D eigenvalue weighted by atomic mass is 10.1. The van der Waals surface area contributed by atoms with Gasteiger partial charge in [0, 0.05) is 11.6 Å². The molecule has 0 aliphatic carbocycles. The van der Waals surface area contributed by atoms with Crippen LogP contribution in [0.3, 0.4) is 0 Å². The van der Waals surface area contributed by atoms with Crippen LogP contribution in [0.4, 0.5) is 18.9 Å². The number of benzene rings is 2. The predicted octanol–water partition coefficient (Wildman–Crippen LogP) is 3.66. The molecule has 2 aromatic rings. The van der Waals surface area contributed by atoms with Gasteiger partial charge in [-0.25, -0.2) is 13.2 Å². The van der Waals surface area contributed by atoms with E-state index in [1.54, 1.807) is 0 Å². The fourth-order valence-corrected chi connectivity index (χ4v) is 1.54. The first kappa shape index (κ1) is 13.1. The molecular weight excluding hydrogens is 255 g/mol. The van der Waals surface area contributed by atoms with E-state index in [4.69, 9.17) is 0 Å². The Balaban J connectivity index is 2.24. The maximum Gasteiger partial charge on any atom is 0.255 e. The predicted molar refractivity (Wildman–Crippen MR) is 65.4 cm³/mol. The van der Waals surface area contributed by atoms with Gasteiger partial charge in [0.05, 0.1) is 5.69 Å². The number of hydrogen-bond donors (Lipinski definition) is 1. The van der Waals surface area contributed by atoms with Crippen LogP contribution in [-0.2, 0) is 0 Å². The van der Waals surface area contributed by atoms with Crippen molar-refractivity contribution in [1.29, 1.82) is 0 Å². The summed E-state index contributed by atoms with van der Waals surface area (Å²) in [6.45, 7) is 1.42. The first-order valence-corrected chi connectivity index (χ1v) is 5.50. The highest BCUT2D eigenvalue weighted by Crippen LogP contribution is 2.19. The molecule has 98 valence electrons. The van der Waals surface area contributed by atoms with Gasteiger partial charge in [0.25, 0.3) is 5.91 Å². The van der Waals surface area contributed by atoms with Crippen LogP contribution < -0.4 is 5.32 Å². The molecule has 0 heterocycles. The minimum atomic E-state index is -0.727. The molecule has 19 heavy (non-hydrogen) atoms. The Morgan fingerprint density at radius 2 is 1.63 bits per heavy atom. The Morgan fingerprint density at radius 1 is 1.00 bits per heavy atom. The summed E-state index contributed by atoms with van der Waals surface area (Å²) in [5.74, 6) is -2.46. The summed E-state index contributed by atoms with van der Waals surface area (Å²) in [4.78, 5) is 11.8. The van der Waals surface area contributed by atoms with Crippen LogP contribution in [0.2, 0.25) is 0 Å². The molecule has 1 amide bonds. The Hall–Kier alpha value is -2.30. The van der Waals surface area contributed by atoms with Gasteiger partial charge in [-0.05, 0) is 42.8 Å². The summed E-state index contributed by atoms with van der Waals surface area (Å²) in [5, 5.41) is 2.24. The second kappa shape index (κ2) is 5.14. The van der Waals surface area contributed by atoms with E-state index in [1.807, 2.05) is 0 Å². The fraction of sp³-hybridized carbons (Fsp3) is 0.0714. The number of carbonyl (C=O) groups is 1. The molecule has 2 rings (SSSR count). The molecule has 0 unspecified atom stereocenters. The molecule has 0 saturated heterocycles. The smallest absolute Gasteiger partial charge is 0.255 e. The molecule has 1 N–H and O–H groups in total. The zero-order valence-corrected chi connectivity index (χ0v) is 10.0. The standard InChI is InChI=1S/C14H10F3NO/c1-8-6-12(17)13(7-11(8)16)18-14(19)9-2-4-10(15)5-3-9/h2-7H,1H3,(H,18,19). The largest absolute Gasteiger partial charge is 0.319 e. The van der Waals surface area contributed by atoms with Crippen molar-refractivity contribution >= 4 is 11.6 Å². The van der Waals surface area contributed by atoms with Gasteiger partial charge in [0.2, 0.25) is 0 Å². The van der Waals surface area contributed by atoms with E-state index < -0.39 is 23.4 Å². The van der Waals surface area contributed by atoms with Gasteiger partial charge in [-0.15, -0.1) is 0 Å². The molecule has 0 aliphatic heterocycles. The number of aryl methyl sites for hydroxylation is 1. The molecule has 0 bridgehead atoms. The number of halogens is 3. The van der Waals surface area contributed by atoms with Gasteiger partial charge in [-0.3, -0.25) is 4.79 Å². The quantitative estimate of drug-likeness (QED) is 0.882. The topological polar surface area (TPSA) is 29.1 Å². The number of anilines is 1. The lowest BCUT2D eigenvalue weighted by Crippen LogP contribution is -2.13. The van der Waals surface area contributed by atoms with Crippen LogP contribution in [0.25, 0.3) is 0 Å². The number of nitrogens with one attached hydrogen (secondary N) is 1. The van der Waals surface area contributed by atoms with Crippen LogP contribution in [-0.4, -0.2) is 5.91 Å². The van der Waals surface area contributed by atoms with E-state index in [2.05, 4.69) is 5.32 Å². The van der Waals surface area contributed by atoms with Crippen molar-refractivity contribution in [2.45, 2.75) is 6.92 Å². The van der Waals surface area contributed by atoms with Crippen molar-refractivity contribution in [2.75, 3.05) is 5.32 Å². The van der Waals surface area contributed by atoms with E-state index in [0.717, 1.165) is 24.3 Å². The normalized spacial score (nSPS) is 10.3. The van der Waals surface area contributed by atoms with Gasteiger partial charge in [0.15, 0.2) is 0 Å². The third-order valence-electron chi connectivity index (χ3n) is 2.60. The monoisotopic (exact) mass is 265 g/mol. The lowest BCUT2D eigenvalue weighted by molar-refractivity contribution is 0.102. The molecule has 0 atom stereocenters. The molecule has 0 spiro atoms. The van der Waals surface area contributed by atoms with Crippen LogP contribution in [0, 0.1) is 24.4 Å². The molecule has 0 radical (unpaired) electrons. The summed E-state index contributed by atoms with van der Waals surface area (Å²) in [6.07, 6.45) is 0. The van der Waals surface area contributed by atoms with E-state index in [1.165, 1.54) is 19.1 Å². The van der Waals surface area contributed by atoms with Crippen molar-refractivity contribution in [3.63, 3.8) is 0 Å². The highest BCUT2D eigenvalue weighted by molar-refractivity contribution is 6.04. The van der Waals surface area contributed by atoms with Crippen LogP contribution in [0.15, 0.2) is 36.4 Å². The SMILES string of the molecule is Cc1cc(F)c(NC(=O)c2ccc(F)cc2)cc1F. The zero-order valence-electron chi connectivity index (χ0n) is 10.0. The maximum absolute atomic E-state index is 13.5. The number of amides is 1. The van der Waals surface area contributed by atoms with Gasteiger partial charge in [-0.2, -0.15) is 0 Å². The summed E-state index contributed by atoms with van der Waals surface area (Å²) in [5.41, 5.74) is 0.0523. The summed E-state index contributed by atoms with van der Waals surface area (Å²) in [6, 6.07) is 6.64. The number of carbonyl (C=O) groups excluding carboxylic acids is 1. The van der Waals surface area contributed by atoms with Gasteiger partial charge < -0.3 is 5.32 Å². The second-order valence-corrected chi connectivity index (χ2v) is 4.04. The first-order valence-electron chi connectivity index (χ1n) is 5.50. The fourth-order valence-electron chi connectivity index (χ4n) is 1.54. The van der Waals surface area contributed by atoms with Gasteiger partial charge >= 0.3 is 0 Å². The van der Waals surface area contributed by atoms with Gasteiger partial charge in [0.1, 0.15) is 17.5 Å². The highest BCUT2D eigenvalue weighted by Gasteiger charge is 2.11. The van der Waals surface area contributed by atoms with Crippen LogP contribution in [0.5, 0.6) is 0 Å². The molecule has 0 aliphatic rings. The van der Waals surface area contributed by atoms with Crippen molar-refractivity contribution in [2.24, 2.45) is 0 Å². The number of rotatable bonds is 2. The Labute approximate surface area is 107 Å². The maximum atomic E-state index is 13.5. The van der Waals surface area contributed by atoms with Crippen LogP contribution >= 0.6 is 0 Å². The van der Waals surface area contributed by atoms with Crippen LogP contribution in [0.1, 0.15) is 15.9 Å². The average molecular weight is 265 g/mol. The molecule has 2 nitrogen and oxygen atoms in total. The van der Waals surface area contributed by atoms with Crippen molar-refractivity contribution < 1.29 is 18.0 Å². The summed E-state index contributed by atoms with van der Waals surface area (Å²) < 4.78 is 39.5. The Bertz CT molecular complexity index is 623. The molecule has 2 aromatic carbocycles.